The number of aromatic nitrogens is 2. The maximum Gasteiger partial charge on any atom is 0.223 e. The molecule has 0 fully saturated rings. The third kappa shape index (κ3) is 3.78. The second-order valence-electron chi connectivity index (χ2n) is 3.93. The van der Waals surface area contributed by atoms with Crippen molar-refractivity contribution in [3.8, 4) is 5.75 Å². The number of rotatable bonds is 5. The number of halogens is 1. The van der Waals surface area contributed by atoms with Gasteiger partial charge in [-0.05, 0) is 17.7 Å². The zero-order chi connectivity index (χ0) is 13.8. The van der Waals surface area contributed by atoms with Crippen LogP contribution in [0.2, 0.25) is 5.02 Å². The van der Waals surface area contributed by atoms with E-state index >= 15 is 0 Å². The maximum atomic E-state index is 12.0. The van der Waals surface area contributed by atoms with Crippen molar-refractivity contribution < 1.29 is 13.5 Å². The Hall–Kier alpha value is -1.40. The fourth-order valence-corrected chi connectivity index (χ4v) is 2.92. The molecule has 7 heteroatoms. The molecule has 19 heavy (non-hydrogen) atoms. The summed E-state index contributed by atoms with van der Waals surface area (Å²) in [6, 6.07) is 5.34. The van der Waals surface area contributed by atoms with Crippen LogP contribution in [0.4, 0.5) is 0 Å². The Morgan fingerprint density at radius 2 is 2.21 bits per heavy atom. The van der Waals surface area contributed by atoms with Crippen LogP contribution < -0.4 is 4.74 Å². The molecule has 0 N–H and O–H groups in total. The van der Waals surface area contributed by atoms with Crippen LogP contribution in [0, 0.1) is 6.92 Å². The number of nitrogens with zero attached hydrogens (tertiary/aromatic N) is 2. The van der Waals surface area contributed by atoms with Crippen LogP contribution >= 0.6 is 11.6 Å². The molecule has 0 spiro atoms. The summed E-state index contributed by atoms with van der Waals surface area (Å²) in [6.07, 6.45) is 0. The number of benzene rings is 1. The topological polar surface area (TPSA) is 65.2 Å². The van der Waals surface area contributed by atoms with Crippen LogP contribution in [-0.2, 0) is 22.3 Å². The predicted octanol–water partition coefficient (Wildman–Crippen LogP) is 2.49. The lowest BCUT2D eigenvalue weighted by atomic mass is 10.2. The van der Waals surface area contributed by atoms with E-state index in [1.807, 2.05) is 6.07 Å². The van der Waals surface area contributed by atoms with E-state index < -0.39 is 10.8 Å². The van der Waals surface area contributed by atoms with E-state index in [9.17, 15) is 4.21 Å². The van der Waals surface area contributed by atoms with Crippen molar-refractivity contribution in [2.45, 2.75) is 18.4 Å². The first kappa shape index (κ1) is 14.0. The minimum atomic E-state index is -1.11. The van der Waals surface area contributed by atoms with E-state index in [-0.39, 0.29) is 5.75 Å². The van der Waals surface area contributed by atoms with Crippen molar-refractivity contribution in [2.24, 2.45) is 0 Å². The highest BCUT2D eigenvalue weighted by atomic mass is 35.5. The molecule has 1 heterocycles. The summed E-state index contributed by atoms with van der Waals surface area (Å²) < 4.78 is 21.9. The lowest BCUT2D eigenvalue weighted by Crippen LogP contribution is -2.01. The molecule has 1 atom stereocenters. The number of aryl methyl sites for hydroxylation is 1. The fraction of sp³-hybridized carbons (Fsp3) is 0.333. The van der Waals surface area contributed by atoms with E-state index in [1.54, 1.807) is 26.2 Å². The Morgan fingerprint density at radius 1 is 1.42 bits per heavy atom. The number of hydrogen-bond acceptors (Lipinski definition) is 5. The van der Waals surface area contributed by atoms with Crippen LogP contribution in [0.3, 0.4) is 0 Å². The summed E-state index contributed by atoms with van der Waals surface area (Å²) in [5.74, 6) is 2.18. The SMILES string of the molecule is COc1ccc(CS(=O)Cc2noc(C)n2)cc1Cl. The number of ether oxygens (including phenoxy) is 1. The summed E-state index contributed by atoms with van der Waals surface area (Å²) in [7, 11) is 0.443. The molecular weight excluding hydrogens is 288 g/mol. The molecule has 0 aliphatic carbocycles. The molecule has 1 aromatic heterocycles. The maximum absolute atomic E-state index is 12.0. The minimum Gasteiger partial charge on any atom is -0.495 e. The second-order valence-corrected chi connectivity index (χ2v) is 5.79. The van der Waals surface area contributed by atoms with E-state index in [2.05, 4.69) is 10.1 Å². The molecule has 0 bridgehead atoms. The molecule has 0 saturated heterocycles. The van der Waals surface area contributed by atoms with E-state index in [0.717, 1.165) is 5.56 Å². The minimum absolute atomic E-state index is 0.265. The summed E-state index contributed by atoms with van der Waals surface area (Å²) in [5.41, 5.74) is 0.879. The highest BCUT2D eigenvalue weighted by molar-refractivity contribution is 7.83. The third-order valence-electron chi connectivity index (χ3n) is 2.40. The Bertz CT molecular complexity index is 600. The van der Waals surface area contributed by atoms with Gasteiger partial charge < -0.3 is 9.26 Å². The quantitative estimate of drug-likeness (QED) is 0.849. The molecule has 1 aromatic carbocycles. The first-order valence-electron chi connectivity index (χ1n) is 5.55. The molecule has 102 valence electrons. The van der Waals surface area contributed by atoms with Crippen LogP contribution in [0.5, 0.6) is 5.75 Å². The van der Waals surface area contributed by atoms with Crippen molar-refractivity contribution in [1.29, 1.82) is 0 Å². The van der Waals surface area contributed by atoms with Crippen LogP contribution in [0.25, 0.3) is 0 Å². The predicted molar refractivity (Wildman–Crippen MR) is 72.6 cm³/mol. The summed E-state index contributed by atoms with van der Waals surface area (Å²) in [6.45, 7) is 1.70. The zero-order valence-corrected chi connectivity index (χ0v) is 12.1. The van der Waals surface area contributed by atoms with Gasteiger partial charge in [0.2, 0.25) is 5.89 Å². The van der Waals surface area contributed by atoms with Crippen LogP contribution in [0.15, 0.2) is 22.7 Å². The average molecular weight is 301 g/mol. The molecular formula is C12H13ClN2O3S. The largest absolute Gasteiger partial charge is 0.495 e. The molecule has 0 aliphatic heterocycles. The smallest absolute Gasteiger partial charge is 0.223 e. The van der Waals surface area contributed by atoms with E-state index in [0.29, 0.717) is 28.2 Å². The lowest BCUT2D eigenvalue weighted by Gasteiger charge is -2.05. The summed E-state index contributed by atoms with van der Waals surface area (Å²) >= 11 is 6.01. The molecule has 0 aliphatic rings. The van der Waals surface area contributed by atoms with Gasteiger partial charge in [-0.25, -0.2) is 0 Å². The highest BCUT2D eigenvalue weighted by Gasteiger charge is 2.10. The van der Waals surface area contributed by atoms with Gasteiger partial charge in [0, 0.05) is 23.5 Å². The van der Waals surface area contributed by atoms with Gasteiger partial charge in [0.15, 0.2) is 5.82 Å². The standard InChI is InChI=1S/C12H13ClN2O3S/c1-8-14-12(15-18-8)7-19(16)6-9-3-4-11(17-2)10(13)5-9/h3-5H,6-7H2,1-2H3. The zero-order valence-electron chi connectivity index (χ0n) is 10.6. The van der Waals surface area contributed by atoms with Crippen LogP contribution in [0.1, 0.15) is 17.3 Å². The lowest BCUT2D eigenvalue weighted by molar-refractivity contribution is 0.389. The number of hydrogen-bond donors (Lipinski definition) is 0. The average Bonchev–Trinajstić information content (AvgIpc) is 2.74. The molecule has 2 rings (SSSR count). The van der Waals surface area contributed by atoms with Gasteiger partial charge in [-0.2, -0.15) is 4.98 Å². The number of methoxy groups -OCH3 is 1. The van der Waals surface area contributed by atoms with Gasteiger partial charge >= 0.3 is 0 Å². The molecule has 5 nitrogen and oxygen atoms in total. The Labute approximate surface area is 118 Å². The van der Waals surface area contributed by atoms with Gasteiger partial charge in [0.25, 0.3) is 0 Å². The van der Waals surface area contributed by atoms with Crippen molar-refractivity contribution in [3.05, 3.63) is 40.5 Å². The van der Waals surface area contributed by atoms with Crippen molar-refractivity contribution >= 4 is 22.4 Å². The van der Waals surface area contributed by atoms with Gasteiger partial charge in [-0.3, -0.25) is 4.21 Å². The van der Waals surface area contributed by atoms with Gasteiger partial charge in [-0.1, -0.05) is 22.8 Å². The Morgan fingerprint density at radius 3 is 2.79 bits per heavy atom. The molecule has 0 saturated carbocycles. The van der Waals surface area contributed by atoms with Crippen molar-refractivity contribution in [2.75, 3.05) is 7.11 Å². The summed E-state index contributed by atoms with van der Waals surface area (Å²) in [5, 5.41) is 4.22. The van der Waals surface area contributed by atoms with E-state index in [1.165, 1.54) is 0 Å². The van der Waals surface area contributed by atoms with E-state index in [4.69, 9.17) is 20.9 Å². The molecule has 0 radical (unpaired) electrons. The Kier molecular flexibility index (Phi) is 4.55. The van der Waals surface area contributed by atoms with Crippen LogP contribution in [-0.4, -0.2) is 21.5 Å². The monoisotopic (exact) mass is 300 g/mol. The fourth-order valence-electron chi connectivity index (χ4n) is 1.58. The Balaban J connectivity index is 2.00. The highest BCUT2D eigenvalue weighted by Crippen LogP contribution is 2.25. The van der Waals surface area contributed by atoms with Crippen molar-refractivity contribution in [1.82, 2.24) is 10.1 Å². The molecule has 0 amide bonds. The normalized spacial score (nSPS) is 12.4. The first-order valence-corrected chi connectivity index (χ1v) is 7.41. The second kappa shape index (κ2) is 6.16. The summed E-state index contributed by atoms with van der Waals surface area (Å²) in [4.78, 5) is 4.02. The third-order valence-corrected chi connectivity index (χ3v) is 3.93. The van der Waals surface area contributed by atoms with Gasteiger partial charge in [-0.15, -0.1) is 0 Å². The molecule has 1 unspecified atom stereocenters. The van der Waals surface area contributed by atoms with Gasteiger partial charge in [0.1, 0.15) is 5.75 Å². The molecule has 2 aromatic rings. The first-order chi connectivity index (χ1) is 9.08. The van der Waals surface area contributed by atoms with Crippen molar-refractivity contribution in [3.63, 3.8) is 0 Å². The van der Waals surface area contributed by atoms with Gasteiger partial charge in [0.05, 0.1) is 17.9 Å².